The molecule has 0 unspecified atom stereocenters. The van der Waals surface area contributed by atoms with E-state index in [2.05, 4.69) is 10.3 Å². The lowest BCUT2D eigenvalue weighted by Crippen LogP contribution is -2.14. The number of fused-ring (bicyclic) bond motifs is 1. The highest BCUT2D eigenvalue weighted by Crippen LogP contribution is 2.22. The Bertz CT molecular complexity index is 569. The lowest BCUT2D eigenvalue weighted by atomic mass is 10.1. The Morgan fingerprint density at radius 1 is 1.44 bits per heavy atom. The van der Waals surface area contributed by atoms with E-state index in [4.69, 9.17) is 10.5 Å². The van der Waals surface area contributed by atoms with Crippen molar-refractivity contribution in [1.29, 1.82) is 0 Å². The summed E-state index contributed by atoms with van der Waals surface area (Å²) in [7, 11) is 1.37. The summed E-state index contributed by atoms with van der Waals surface area (Å²) in [6.07, 6.45) is 1.70. The van der Waals surface area contributed by atoms with Gasteiger partial charge in [0.2, 0.25) is 0 Å². The molecule has 0 spiro atoms. The number of benzene rings is 1. The third kappa shape index (κ3) is 2.41. The first kappa shape index (κ1) is 12.3. The molecule has 0 radical (unpaired) electrons. The fourth-order valence-corrected chi connectivity index (χ4v) is 1.75. The van der Waals surface area contributed by atoms with Gasteiger partial charge in [-0.15, -0.1) is 0 Å². The fraction of sp³-hybridized carbons (Fsp3) is 0.231. The first-order valence-electron chi connectivity index (χ1n) is 5.67. The summed E-state index contributed by atoms with van der Waals surface area (Å²) >= 11 is 0. The molecule has 0 atom stereocenters. The molecule has 1 heterocycles. The number of aromatic nitrogens is 1. The van der Waals surface area contributed by atoms with Gasteiger partial charge in [0.1, 0.15) is 5.82 Å². The lowest BCUT2D eigenvalue weighted by molar-refractivity contribution is 0.0601. The second-order valence-corrected chi connectivity index (χ2v) is 3.80. The van der Waals surface area contributed by atoms with Crippen LogP contribution in [-0.4, -0.2) is 31.2 Å². The van der Waals surface area contributed by atoms with Crippen LogP contribution in [0.2, 0.25) is 0 Å². The number of methoxy groups -OCH3 is 1. The normalized spacial score (nSPS) is 10.3. The van der Waals surface area contributed by atoms with Crippen molar-refractivity contribution in [2.45, 2.75) is 0 Å². The van der Waals surface area contributed by atoms with Crippen molar-refractivity contribution >= 4 is 22.6 Å². The van der Waals surface area contributed by atoms with Crippen molar-refractivity contribution in [3.8, 4) is 0 Å². The smallest absolute Gasteiger partial charge is 0.337 e. The maximum atomic E-state index is 11.4. The first-order valence-corrected chi connectivity index (χ1v) is 5.67. The summed E-state index contributed by atoms with van der Waals surface area (Å²) in [5.74, 6) is 0.430. The van der Waals surface area contributed by atoms with Gasteiger partial charge in [-0.25, -0.2) is 9.78 Å². The molecule has 0 saturated carbocycles. The number of hydrogen-bond donors (Lipinski definition) is 2. The minimum atomic E-state index is -0.342. The number of pyridine rings is 1. The zero-order valence-electron chi connectivity index (χ0n) is 10.1. The number of rotatable bonds is 4. The molecule has 0 bridgehead atoms. The third-order valence-corrected chi connectivity index (χ3v) is 2.62. The number of nitrogens with two attached hydrogens (primary N) is 1. The molecule has 0 amide bonds. The number of nitrogens with zero attached hydrogens (tertiary/aromatic N) is 1. The summed E-state index contributed by atoms with van der Waals surface area (Å²) in [5.41, 5.74) is 5.98. The monoisotopic (exact) mass is 245 g/mol. The first-order chi connectivity index (χ1) is 8.76. The Morgan fingerprint density at radius 3 is 3.00 bits per heavy atom. The SMILES string of the molecule is COC(=O)c1ccc2c(NCCN)nccc2c1. The second-order valence-electron chi connectivity index (χ2n) is 3.80. The molecule has 0 aliphatic rings. The third-order valence-electron chi connectivity index (χ3n) is 2.62. The fourth-order valence-electron chi connectivity index (χ4n) is 1.75. The maximum Gasteiger partial charge on any atom is 0.337 e. The summed E-state index contributed by atoms with van der Waals surface area (Å²) in [6, 6.07) is 7.22. The minimum Gasteiger partial charge on any atom is -0.465 e. The average molecular weight is 245 g/mol. The molecular formula is C13H15N3O2. The highest BCUT2D eigenvalue weighted by atomic mass is 16.5. The van der Waals surface area contributed by atoms with E-state index in [-0.39, 0.29) is 5.97 Å². The molecule has 3 N–H and O–H groups in total. The number of hydrogen-bond acceptors (Lipinski definition) is 5. The molecule has 1 aromatic heterocycles. The van der Waals surface area contributed by atoms with Crippen LogP contribution in [0.4, 0.5) is 5.82 Å². The van der Waals surface area contributed by atoms with E-state index < -0.39 is 0 Å². The molecule has 0 fully saturated rings. The Hall–Kier alpha value is -2.14. The van der Waals surface area contributed by atoms with E-state index >= 15 is 0 Å². The largest absolute Gasteiger partial charge is 0.465 e. The minimum absolute atomic E-state index is 0.342. The molecule has 0 aliphatic carbocycles. The zero-order valence-corrected chi connectivity index (χ0v) is 10.1. The quantitative estimate of drug-likeness (QED) is 0.796. The number of anilines is 1. The number of carbonyl (C=O) groups excluding carboxylic acids is 1. The van der Waals surface area contributed by atoms with Gasteiger partial charge in [0.05, 0.1) is 12.7 Å². The predicted octanol–water partition coefficient (Wildman–Crippen LogP) is 1.39. The molecule has 2 rings (SSSR count). The van der Waals surface area contributed by atoms with Crippen molar-refractivity contribution in [1.82, 2.24) is 4.98 Å². The van der Waals surface area contributed by atoms with Gasteiger partial charge in [-0.1, -0.05) is 0 Å². The van der Waals surface area contributed by atoms with Crippen molar-refractivity contribution < 1.29 is 9.53 Å². The summed E-state index contributed by atoms with van der Waals surface area (Å²) in [6.45, 7) is 1.20. The highest BCUT2D eigenvalue weighted by Gasteiger charge is 2.08. The van der Waals surface area contributed by atoms with Crippen LogP contribution in [0.3, 0.4) is 0 Å². The molecule has 0 aliphatic heterocycles. The molecule has 2 aromatic rings. The Balaban J connectivity index is 2.43. The van der Waals surface area contributed by atoms with Gasteiger partial charge in [-0.05, 0) is 29.7 Å². The van der Waals surface area contributed by atoms with Gasteiger partial charge in [-0.2, -0.15) is 0 Å². The van der Waals surface area contributed by atoms with Gasteiger partial charge in [-0.3, -0.25) is 0 Å². The number of nitrogens with one attached hydrogen (secondary N) is 1. The van der Waals surface area contributed by atoms with E-state index in [1.165, 1.54) is 7.11 Å². The molecule has 94 valence electrons. The van der Waals surface area contributed by atoms with Gasteiger partial charge >= 0.3 is 5.97 Å². The van der Waals surface area contributed by atoms with Gasteiger partial charge < -0.3 is 15.8 Å². The van der Waals surface area contributed by atoms with Crippen LogP contribution in [0, 0.1) is 0 Å². The summed E-state index contributed by atoms with van der Waals surface area (Å²) in [4.78, 5) is 15.7. The molecule has 1 aromatic carbocycles. The predicted molar refractivity (Wildman–Crippen MR) is 70.6 cm³/mol. The lowest BCUT2D eigenvalue weighted by Gasteiger charge is -2.08. The standard InChI is InChI=1S/C13H15N3O2/c1-18-13(17)10-2-3-11-9(8-10)4-6-15-12(11)16-7-5-14/h2-4,6,8H,5,7,14H2,1H3,(H,15,16). The van der Waals surface area contributed by atoms with Crippen LogP contribution in [0.15, 0.2) is 30.5 Å². The van der Waals surface area contributed by atoms with Crippen LogP contribution >= 0.6 is 0 Å². The van der Waals surface area contributed by atoms with Gasteiger partial charge in [0.25, 0.3) is 0 Å². The van der Waals surface area contributed by atoms with Crippen molar-refractivity contribution in [2.75, 3.05) is 25.5 Å². The van der Waals surface area contributed by atoms with E-state index in [0.717, 1.165) is 16.6 Å². The second kappa shape index (κ2) is 5.46. The van der Waals surface area contributed by atoms with Crippen LogP contribution in [-0.2, 0) is 4.74 Å². The van der Waals surface area contributed by atoms with E-state index in [9.17, 15) is 4.79 Å². The number of carbonyl (C=O) groups is 1. The van der Waals surface area contributed by atoms with E-state index in [1.807, 2.05) is 12.1 Å². The van der Waals surface area contributed by atoms with Gasteiger partial charge in [0.15, 0.2) is 0 Å². The molecule has 18 heavy (non-hydrogen) atoms. The zero-order chi connectivity index (χ0) is 13.0. The van der Waals surface area contributed by atoms with Crippen LogP contribution in [0.1, 0.15) is 10.4 Å². The topological polar surface area (TPSA) is 77.2 Å². The van der Waals surface area contributed by atoms with E-state index in [1.54, 1.807) is 18.3 Å². The molecule has 5 heteroatoms. The number of ether oxygens (including phenoxy) is 1. The van der Waals surface area contributed by atoms with Crippen LogP contribution in [0.25, 0.3) is 10.8 Å². The molecule has 5 nitrogen and oxygen atoms in total. The average Bonchev–Trinajstić information content (AvgIpc) is 2.43. The van der Waals surface area contributed by atoms with Crippen molar-refractivity contribution in [3.63, 3.8) is 0 Å². The van der Waals surface area contributed by atoms with E-state index in [0.29, 0.717) is 18.7 Å². The molecule has 0 saturated heterocycles. The molecular weight excluding hydrogens is 230 g/mol. The van der Waals surface area contributed by atoms with Crippen molar-refractivity contribution in [3.05, 3.63) is 36.0 Å². The summed E-state index contributed by atoms with van der Waals surface area (Å²) in [5, 5.41) is 5.04. The van der Waals surface area contributed by atoms with Crippen LogP contribution < -0.4 is 11.1 Å². The number of esters is 1. The van der Waals surface area contributed by atoms with Gasteiger partial charge in [0, 0.05) is 24.7 Å². The highest BCUT2D eigenvalue weighted by molar-refractivity contribution is 5.98. The van der Waals surface area contributed by atoms with Crippen molar-refractivity contribution in [2.24, 2.45) is 5.73 Å². The maximum absolute atomic E-state index is 11.4. The Kier molecular flexibility index (Phi) is 3.74. The Morgan fingerprint density at radius 2 is 2.28 bits per heavy atom. The Labute approximate surface area is 105 Å². The van der Waals surface area contributed by atoms with Crippen LogP contribution in [0.5, 0.6) is 0 Å². The summed E-state index contributed by atoms with van der Waals surface area (Å²) < 4.78 is 4.69.